The number of aromatic nitrogens is 1. The van der Waals surface area contributed by atoms with Crippen LogP contribution in [0.3, 0.4) is 0 Å². The first-order valence-electron chi connectivity index (χ1n) is 5.34. The molecule has 0 unspecified atom stereocenters. The van der Waals surface area contributed by atoms with Gasteiger partial charge in [0.05, 0.1) is 0 Å². The Balaban J connectivity index is 1.97. The molecule has 2 rings (SSSR count). The monoisotopic (exact) mass is 220 g/mol. The second-order valence-electron chi connectivity index (χ2n) is 4.57. The molecule has 0 atom stereocenters. The van der Waals surface area contributed by atoms with Crippen molar-refractivity contribution >= 4 is 11.7 Å². The van der Waals surface area contributed by atoms with Crippen molar-refractivity contribution in [3.8, 4) is 0 Å². The average molecular weight is 220 g/mol. The highest BCUT2D eigenvalue weighted by molar-refractivity contribution is 5.94. The Labute approximate surface area is 94.4 Å². The lowest BCUT2D eigenvalue weighted by atomic mass is 10.1. The van der Waals surface area contributed by atoms with Gasteiger partial charge in [-0.1, -0.05) is 6.92 Å². The Bertz CT molecular complexity index is 401. The number of amides is 1. The van der Waals surface area contributed by atoms with Crippen LogP contribution in [0.5, 0.6) is 0 Å². The van der Waals surface area contributed by atoms with Gasteiger partial charge in [-0.3, -0.25) is 4.79 Å². The van der Waals surface area contributed by atoms with Crippen LogP contribution in [0.25, 0.3) is 0 Å². The summed E-state index contributed by atoms with van der Waals surface area (Å²) in [6.07, 6.45) is 3.95. The number of carbonyl (C=O) groups excluding carboxylic acids is 1. The zero-order valence-corrected chi connectivity index (χ0v) is 9.29. The molecule has 1 aliphatic rings. The first kappa shape index (κ1) is 10.9. The Morgan fingerprint density at radius 3 is 3.00 bits per heavy atom. The van der Waals surface area contributed by atoms with Gasteiger partial charge in [-0.15, -0.1) is 0 Å². The van der Waals surface area contributed by atoms with Gasteiger partial charge in [0.2, 0.25) is 0 Å². The molecular formula is C11H16N4O. The van der Waals surface area contributed by atoms with Crippen molar-refractivity contribution in [1.29, 1.82) is 0 Å². The molecular weight excluding hydrogens is 204 g/mol. The summed E-state index contributed by atoms with van der Waals surface area (Å²) in [6, 6.07) is 3.30. The van der Waals surface area contributed by atoms with Crippen LogP contribution in [0.1, 0.15) is 30.1 Å². The van der Waals surface area contributed by atoms with Gasteiger partial charge >= 0.3 is 0 Å². The van der Waals surface area contributed by atoms with Gasteiger partial charge in [-0.25, -0.2) is 10.8 Å². The number of hydrogen-bond donors (Lipinski definition) is 3. The number of nitrogens with two attached hydrogens (primary N) is 1. The quantitative estimate of drug-likeness (QED) is 0.520. The normalized spacial score (nSPS) is 16.6. The molecule has 0 bridgehead atoms. The summed E-state index contributed by atoms with van der Waals surface area (Å²) in [5, 5.41) is 2.92. The SMILES string of the molecule is CC1(CNC(=O)c2ccnc(NN)c2)CC1. The van der Waals surface area contributed by atoms with Crippen LogP contribution in [-0.4, -0.2) is 17.4 Å². The van der Waals surface area contributed by atoms with Crippen LogP contribution in [0.2, 0.25) is 0 Å². The summed E-state index contributed by atoms with van der Waals surface area (Å²) in [5.41, 5.74) is 3.31. The molecule has 0 aliphatic heterocycles. The summed E-state index contributed by atoms with van der Waals surface area (Å²) in [6.45, 7) is 2.91. The molecule has 0 aromatic carbocycles. The molecule has 1 amide bonds. The molecule has 0 saturated heterocycles. The summed E-state index contributed by atoms with van der Waals surface area (Å²) in [7, 11) is 0. The standard InChI is InChI=1S/C11H16N4O/c1-11(3-4-11)7-14-10(16)8-2-5-13-9(6-8)15-12/h2,5-6H,3-4,7,12H2,1H3,(H,13,15)(H,14,16). The fourth-order valence-corrected chi connectivity index (χ4v) is 1.44. The van der Waals surface area contributed by atoms with Crippen molar-refractivity contribution in [2.45, 2.75) is 19.8 Å². The highest BCUT2D eigenvalue weighted by Gasteiger charge is 2.37. The number of hydrogen-bond acceptors (Lipinski definition) is 4. The van der Waals surface area contributed by atoms with Crippen molar-refractivity contribution < 1.29 is 4.79 Å². The molecule has 86 valence electrons. The van der Waals surface area contributed by atoms with E-state index in [2.05, 4.69) is 22.7 Å². The van der Waals surface area contributed by atoms with Gasteiger partial charge in [0.1, 0.15) is 5.82 Å². The number of carbonyl (C=O) groups is 1. The maximum Gasteiger partial charge on any atom is 0.251 e. The molecule has 1 aromatic rings. The van der Waals surface area contributed by atoms with Crippen molar-refractivity contribution in [3.05, 3.63) is 23.9 Å². The van der Waals surface area contributed by atoms with Crippen molar-refractivity contribution in [2.24, 2.45) is 11.3 Å². The number of nitrogens with zero attached hydrogens (tertiary/aromatic N) is 1. The number of nitrogens with one attached hydrogen (secondary N) is 2. The highest BCUT2D eigenvalue weighted by atomic mass is 16.1. The second kappa shape index (κ2) is 4.09. The number of pyridine rings is 1. The van der Waals surface area contributed by atoms with E-state index in [-0.39, 0.29) is 5.91 Å². The third-order valence-electron chi connectivity index (χ3n) is 2.95. The maximum absolute atomic E-state index is 11.8. The van der Waals surface area contributed by atoms with Crippen molar-refractivity contribution in [3.63, 3.8) is 0 Å². The van der Waals surface area contributed by atoms with E-state index >= 15 is 0 Å². The van der Waals surface area contributed by atoms with E-state index < -0.39 is 0 Å². The molecule has 16 heavy (non-hydrogen) atoms. The van der Waals surface area contributed by atoms with E-state index in [4.69, 9.17) is 5.84 Å². The zero-order valence-electron chi connectivity index (χ0n) is 9.29. The lowest BCUT2D eigenvalue weighted by Gasteiger charge is -2.10. The van der Waals surface area contributed by atoms with Gasteiger partial charge < -0.3 is 10.7 Å². The van der Waals surface area contributed by atoms with Gasteiger partial charge in [0.15, 0.2) is 0 Å². The molecule has 1 heterocycles. The van der Waals surface area contributed by atoms with Gasteiger partial charge in [-0.05, 0) is 30.4 Å². The van der Waals surface area contributed by atoms with Crippen LogP contribution in [0.4, 0.5) is 5.82 Å². The number of hydrazine groups is 1. The molecule has 1 aromatic heterocycles. The van der Waals surface area contributed by atoms with Crippen LogP contribution in [-0.2, 0) is 0 Å². The summed E-state index contributed by atoms with van der Waals surface area (Å²) < 4.78 is 0. The van der Waals surface area contributed by atoms with Crippen LogP contribution < -0.4 is 16.6 Å². The fourth-order valence-electron chi connectivity index (χ4n) is 1.44. The lowest BCUT2D eigenvalue weighted by molar-refractivity contribution is 0.0946. The molecule has 1 fully saturated rings. The minimum Gasteiger partial charge on any atom is -0.351 e. The largest absolute Gasteiger partial charge is 0.351 e. The van der Waals surface area contributed by atoms with Gasteiger partial charge in [0.25, 0.3) is 5.91 Å². The summed E-state index contributed by atoms with van der Waals surface area (Å²) >= 11 is 0. The minimum atomic E-state index is -0.0768. The van der Waals surface area contributed by atoms with Gasteiger partial charge in [-0.2, -0.15) is 0 Å². The molecule has 5 heteroatoms. The molecule has 5 nitrogen and oxygen atoms in total. The summed E-state index contributed by atoms with van der Waals surface area (Å²) in [5.74, 6) is 5.64. The number of nitrogen functional groups attached to an aromatic ring is 1. The molecule has 0 radical (unpaired) electrons. The van der Waals surface area contributed by atoms with E-state index in [1.165, 1.54) is 12.8 Å². The van der Waals surface area contributed by atoms with Gasteiger partial charge in [0, 0.05) is 18.3 Å². The molecule has 0 spiro atoms. The molecule has 1 saturated carbocycles. The molecule has 1 aliphatic carbocycles. The Morgan fingerprint density at radius 2 is 2.38 bits per heavy atom. The number of rotatable bonds is 4. The third-order valence-corrected chi connectivity index (χ3v) is 2.95. The fraction of sp³-hybridized carbons (Fsp3) is 0.455. The Hall–Kier alpha value is -1.62. The predicted octanol–water partition coefficient (Wildman–Crippen LogP) is 0.897. The van der Waals surface area contributed by atoms with Crippen LogP contribution in [0, 0.1) is 5.41 Å². The van der Waals surface area contributed by atoms with Crippen LogP contribution in [0.15, 0.2) is 18.3 Å². The third kappa shape index (κ3) is 2.49. The highest BCUT2D eigenvalue weighted by Crippen LogP contribution is 2.44. The topological polar surface area (TPSA) is 80.0 Å². The zero-order chi connectivity index (χ0) is 11.6. The first-order valence-corrected chi connectivity index (χ1v) is 5.34. The molecule has 4 N–H and O–H groups in total. The first-order chi connectivity index (χ1) is 7.63. The van der Waals surface area contributed by atoms with E-state index in [1.54, 1.807) is 18.3 Å². The smallest absolute Gasteiger partial charge is 0.251 e. The van der Waals surface area contributed by atoms with E-state index in [0.29, 0.717) is 16.8 Å². The minimum absolute atomic E-state index is 0.0768. The van der Waals surface area contributed by atoms with Crippen molar-refractivity contribution in [2.75, 3.05) is 12.0 Å². The van der Waals surface area contributed by atoms with Crippen molar-refractivity contribution in [1.82, 2.24) is 10.3 Å². The second-order valence-corrected chi connectivity index (χ2v) is 4.57. The number of anilines is 1. The Morgan fingerprint density at radius 1 is 1.62 bits per heavy atom. The van der Waals surface area contributed by atoms with Crippen LogP contribution >= 0.6 is 0 Å². The van der Waals surface area contributed by atoms with E-state index in [0.717, 1.165) is 6.54 Å². The Kier molecular flexibility index (Phi) is 2.78. The summed E-state index contributed by atoms with van der Waals surface area (Å²) in [4.78, 5) is 15.7. The van der Waals surface area contributed by atoms with E-state index in [1.807, 2.05) is 0 Å². The maximum atomic E-state index is 11.8. The average Bonchev–Trinajstić information content (AvgIpc) is 3.05. The lowest BCUT2D eigenvalue weighted by Crippen LogP contribution is -2.29. The van der Waals surface area contributed by atoms with E-state index in [9.17, 15) is 4.79 Å². The predicted molar refractivity (Wildman–Crippen MR) is 61.7 cm³/mol.